The lowest BCUT2D eigenvalue weighted by Gasteiger charge is -2.27. The Morgan fingerprint density at radius 3 is 1.78 bits per heavy atom. The fraction of sp³-hybridized carbons (Fsp3) is 0.409. The number of carbonyl (C=O) groups excluding carboxylic acids is 1. The summed E-state index contributed by atoms with van der Waals surface area (Å²) in [4.78, 5) is 68.9. The van der Waals surface area contributed by atoms with E-state index in [0.717, 1.165) is 104 Å². The Morgan fingerprint density at radius 2 is 1.29 bits per heavy atom. The topological polar surface area (TPSA) is 205 Å². The molecule has 1 amide bonds. The van der Waals surface area contributed by atoms with E-state index in [1.807, 2.05) is 18.3 Å². The number of methoxy groups -OCH3 is 2. The van der Waals surface area contributed by atoms with Crippen LogP contribution in [0.4, 0.5) is 23.0 Å². The van der Waals surface area contributed by atoms with Crippen LogP contribution < -0.4 is 20.1 Å². The van der Waals surface area contributed by atoms with Crippen molar-refractivity contribution >= 4 is 90.4 Å². The number of likely N-dealkylation sites (N-methyl/N-ethyl adjacent to an activating group) is 1. The molecule has 6 aromatic rings. The summed E-state index contributed by atoms with van der Waals surface area (Å²) in [5.41, 5.74) is 7.65. The lowest BCUT2D eigenvalue weighted by molar-refractivity contribution is -0.142. The Kier molecular flexibility index (Phi) is 10.9. The summed E-state index contributed by atoms with van der Waals surface area (Å²) in [7, 11) is 7.40. The summed E-state index contributed by atoms with van der Waals surface area (Å²) in [5.74, 6) is 1.74. The predicted molar refractivity (Wildman–Crippen MR) is 243 cm³/mol. The van der Waals surface area contributed by atoms with Crippen LogP contribution in [0.1, 0.15) is 62.7 Å². The second-order valence-corrected chi connectivity index (χ2v) is 18.7. The first kappa shape index (κ1) is 40.9. The third-order valence-corrected chi connectivity index (χ3v) is 15.0. The molecule has 3 N–H and O–H groups in total. The van der Waals surface area contributed by atoms with Crippen molar-refractivity contribution < 1.29 is 24.2 Å². The average Bonchev–Trinajstić information content (AvgIpc) is 4.15. The first-order valence-electron chi connectivity index (χ1n) is 21.0. The number of nitrogens with one attached hydrogen (secondary N) is 2. The highest BCUT2D eigenvalue weighted by atomic mass is 32.1. The number of aliphatic imine (C=N–C) groups is 2. The predicted octanol–water partition coefficient (Wildman–Crippen LogP) is 6.00. The molecule has 5 aliphatic rings. The van der Waals surface area contributed by atoms with Gasteiger partial charge in [0.25, 0.3) is 0 Å². The van der Waals surface area contributed by atoms with E-state index in [0.29, 0.717) is 67.6 Å². The van der Waals surface area contributed by atoms with Crippen LogP contribution in [0.15, 0.2) is 34.8 Å². The Hall–Kier alpha value is -6.18. The second kappa shape index (κ2) is 16.8. The van der Waals surface area contributed by atoms with Crippen LogP contribution in [-0.2, 0) is 48.4 Å². The minimum Gasteiger partial charge on any atom is -0.481 e. The number of aryl methyl sites for hydroxylation is 2. The highest BCUT2D eigenvalue weighted by molar-refractivity contribution is 7.19. The molecule has 0 unspecified atom stereocenters. The molecular formula is C44H46N12O5S2. The van der Waals surface area contributed by atoms with Gasteiger partial charge in [0.15, 0.2) is 0 Å². The van der Waals surface area contributed by atoms with Crippen molar-refractivity contribution in [1.82, 2.24) is 39.7 Å². The zero-order valence-electron chi connectivity index (χ0n) is 35.3. The van der Waals surface area contributed by atoms with Gasteiger partial charge in [-0.15, -0.1) is 22.7 Å². The maximum absolute atomic E-state index is 13.3. The SMILES string of the molecule is COc1nc2c(cc1Nc1ncnc3sc4c(c13)CC[C@H](C(=O)N1CC[C@H](N(C)C)C1)C4)C=NC2.COc1nc2c(cc1Nc1ncnc3sc4c(c13)CC[C@H](C(=O)O)C4)C=NC2. The first-order valence-corrected chi connectivity index (χ1v) is 22.7. The zero-order chi connectivity index (χ0) is 43.4. The summed E-state index contributed by atoms with van der Waals surface area (Å²) >= 11 is 3.24. The number of rotatable bonds is 9. The molecule has 3 aliphatic heterocycles. The standard InChI is InChI=1S/C25H29N7O2S.C19H17N5O3S/c1-31(2)16-6-7-32(12-16)25(33)14-4-5-17-20(9-14)35-24-21(17)22(27-13-28-24)29-18-8-15-10-26-11-19(15)30-23(18)34-3;1-27-17-12(4-10-6-20-7-13(10)24-17)23-16-15-11-3-2-9(19(25)26)5-14(11)28-18(15)22-8-21-16/h8,10,13-14,16H,4-7,9,11-12H2,1-3H3,(H,27,28,29);4,6,8-9H,2-3,5,7H2,1H3,(H,25,26)(H,21,22,23)/t14-,16-;9-/m00/s1. The van der Waals surface area contributed by atoms with Gasteiger partial charge in [-0.25, -0.2) is 29.9 Å². The van der Waals surface area contributed by atoms with Crippen LogP contribution in [0.3, 0.4) is 0 Å². The number of nitrogens with zero attached hydrogens (tertiary/aromatic N) is 10. The van der Waals surface area contributed by atoms with Crippen LogP contribution in [0.2, 0.25) is 0 Å². The maximum Gasteiger partial charge on any atom is 0.306 e. The van der Waals surface area contributed by atoms with Gasteiger partial charge in [-0.2, -0.15) is 0 Å². The number of aromatic nitrogens is 6. The summed E-state index contributed by atoms with van der Waals surface area (Å²) in [5, 5.41) is 18.2. The van der Waals surface area contributed by atoms with Crippen molar-refractivity contribution in [2.24, 2.45) is 21.8 Å². The lowest BCUT2D eigenvalue weighted by atomic mass is 9.87. The minimum atomic E-state index is -0.733. The van der Waals surface area contributed by atoms with E-state index in [4.69, 9.17) is 9.47 Å². The molecule has 0 bridgehead atoms. The molecular weight excluding hydrogens is 841 g/mol. The molecule has 1 fully saturated rings. The number of amides is 1. The van der Waals surface area contributed by atoms with Crippen molar-refractivity contribution in [2.45, 2.75) is 64.1 Å². The van der Waals surface area contributed by atoms with E-state index in [2.05, 4.69) is 74.4 Å². The number of carboxylic acids is 1. The van der Waals surface area contributed by atoms with E-state index < -0.39 is 5.97 Å². The fourth-order valence-electron chi connectivity index (χ4n) is 9.23. The molecule has 9 heterocycles. The number of anilines is 4. The number of aliphatic carboxylic acids is 1. The molecule has 0 spiro atoms. The third kappa shape index (κ3) is 7.71. The van der Waals surface area contributed by atoms with E-state index in [1.54, 1.807) is 49.4 Å². The van der Waals surface area contributed by atoms with Crippen molar-refractivity contribution in [2.75, 3.05) is 52.0 Å². The molecule has 324 valence electrons. The molecule has 11 rings (SSSR count). The van der Waals surface area contributed by atoms with Gasteiger partial charge in [0, 0.05) is 58.4 Å². The van der Waals surface area contributed by atoms with Gasteiger partial charge in [0.05, 0.1) is 55.4 Å². The average molecular weight is 887 g/mol. The Balaban J connectivity index is 0.000000153. The highest BCUT2D eigenvalue weighted by Crippen LogP contribution is 2.43. The van der Waals surface area contributed by atoms with E-state index in [-0.39, 0.29) is 11.8 Å². The maximum atomic E-state index is 13.3. The van der Waals surface area contributed by atoms with Crippen molar-refractivity contribution in [1.29, 1.82) is 0 Å². The van der Waals surface area contributed by atoms with Gasteiger partial charge < -0.3 is 35.0 Å². The minimum absolute atomic E-state index is 0.0427. The highest BCUT2D eigenvalue weighted by Gasteiger charge is 2.35. The van der Waals surface area contributed by atoms with E-state index in [1.165, 1.54) is 16.8 Å². The quantitative estimate of drug-likeness (QED) is 0.152. The largest absolute Gasteiger partial charge is 0.481 e. The van der Waals surface area contributed by atoms with Crippen molar-refractivity contribution in [3.8, 4) is 11.8 Å². The molecule has 0 radical (unpaired) electrons. The molecule has 3 atom stereocenters. The molecule has 63 heavy (non-hydrogen) atoms. The van der Waals surface area contributed by atoms with Crippen LogP contribution in [0, 0.1) is 11.8 Å². The van der Waals surface area contributed by atoms with Gasteiger partial charge in [-0.3, -0.25) is 19.6 Å². The number of likely N-dealkylation sites (tertiary alicyclic amines) is 1. The van der Waals surface area contributed by atoms with Crippen LogP contribution >= 0.6 is 22.7 Å². The molecule has 0 aromatic carbocycles. The fourth-order valence-corrected chi connectivity index (χ4v) is 11.8. The number of fused-ring (bicyclic) bond motifs is 8. The molecule has 2 aliphatic carbocycles. The van der Waals surface area contributed by atoms with Crippen LogP contribution in [0.5, 0.6) is 11.8 Å². The monoisotopic (exact) mass is 886 g/mol. The summed E-state index contributed by atoms with van der Waals surface area (Å²) in [6, 6.07) is 4.43. The molecule has 19 heteroatoms. The van der Waals surface area contributed by atoms with Crippen molar-refractivity contribution in [3.05, 3.63) is 68.2 Å². The summed E-state index contributed by atoms with van der Waals surface area (Å²) in [6.45, 7) is 2.84. The van der Waals surface area contributed by atoms with Gasteiger partial charge in [0.2, 0.25) is 17.7 Å². The zero-order valence-corrected chi connectivity index (χ0v) is 37.0. The van der Waals surface area contributed by atoms with Gasteiger partial charge in [0.1, 0.15) is 45.3 Å². The number of hydrogen-bond donors (Lipinski definition) is 3. The van der Waals surface area contributed by atoms with Crippen molar-refractivity contribution in [3.63, 3.8) is 0 Å². The van der Waals surface area contributed by atoms with Crippen LogP contribution in [-0.4, -0.2) is 117 Å². The second-order valence-electron chi connectivity index (χ2n) is 16.6. The Bertz CT molecular complexity index is 2860. The Morgan fingerprint density at radius 1 is 0.762 bits per heavy atom. The number of carboxylic acid groups (broad SMARTS) is 1. The number of carbonyl (C=O) groups is 2. The van der Waals surface area contributed by atoms with Crippen LogP contribution in [0.25, 0.3) is 20.4 Å². The van der Waals surface area contributed by atoms with Gasteiger partial charge in [-0.1, -0.05) is 0 Å². The van der Waals surface area contributed by atoms with E-state index >= 15 is 0 Å². The molecule has 6 aromatic heterocycles. The lowest BCUT2D eigenvalue weighted by Crippen LogP contribution is -2.39. The molecule has 1 saturated heterocycles. The smallest absolute Gasteiger partial charge is 0.306 e. The molecule has 0 saturated carbocycles. The Labute approximate surface area is 370 Å². The number of thiophene rings is 2. The number of hydrogen-bond acceptors (Lipinski definition) is 17. The number of pyridine rings is 2. The van der Waals surface area contributed by atoms with Gasteiger partial charge in [-0.05, 0) is 82.3 Å². The molecule has 17 nitrogen and oxygen atoms in total. The van der Waals surface area contributed by atoms with E-state index in [9.17, 15) is 14.7 Å². The summed E-state index contributed by atoms with van der Waals surface area (Å²) < 4.78 is 11.0. The normalized spacial score (nSPS) is 19.4. The first-order chi connectivity index (χ1) is 30.6. The van der Waals surface area contributed by atoms with Gasteiger partial charge >= 0.3 is 5.97 Å². The third-order valence-electron chi connectivity index (χ3n) is 12.6. The summed E-state index contributed by atoms with van der Waals surface area (Å²) in [6.07, 6.45) is 12.2. The number of ether oxygens (including phenoxy) is 2.